The second-order valence-electron chi connectivity index (χ2n) is 8.30. The van der Waals surface area contributed by atoms with Crippen molar-refractivity contribution in [2.75, 3.05) is 25.0 Å². The van der Waals surface area contributed by atoms with E-state index in [0.29, 0.717) is 37.0 Å². The number of nitrogens with zero attached hydrogens (tertiary/aromatic N) is 5. The van der Waals surface area contributed by atoms with Crippen LogP contribution < -0.4 is 10.1 Å². The van der Waals surface area contributed by atoms with E-state index in [1.807, 2.05) is 25.4 Å². The van der Waals surface area contributed by atoms with E-state index in [2.05, 4.69) is 32.5 Å². The largest absolute Gasteiger partial charge is 0.489 e. The molecule has 1 saturated heterocycles. The van der Waals surface area contributed by atoms with Crippen LogP contribution in [0.25, 0.3) is 16.8 Å². The highest BCUT2D eigenvalue weighted by Gasteiger charge is 2.42. The molecule has 0 unspecified atom stereocenters. The summed E-state index contributed by atoms with van der Waals surface area (Å²) in [4.78, 5) is 4.69. The first-order chi connectivity index (χ1) is 15.0. The molecule has 2 N–H and O–H groups in total. The predicted molar refractivity (Wildman–Crippen MR) is 116 cm³/mol. The van der Waals surface area contributed by atoms with Crippen LogP contribution in [0.5, 0.6) is 5.75 Å². The number of hydrogen-bond donors (Lipinski definition) is 2. The molecule has 4 heterocycles. The molecule has 0 spiro atoms. The number of hydrogen-bond acceptors (Lipinski definition) is 7. The van der Waals surface area contributed by atoms with Crippen LogP contribution in [-0.2, 0) is 10.0 Å². The van der Waals surface area contributed by atoms with Crippen molar-refractivity contribution in [3.05, 3.63) is 24.7 Å². The van der Waals surface area contributed by atoms with Gasteiger partial charge in [-0.05, 0) is 38.2 Å². The van der Waals surface area contributed by atoms with E-state index in [-0.39, 0.29) is 17.2 Å². The highest BCUT2D eigenvalue weighted by Crippen LogP contribution is 2.35. The fourth-order valence-electron chi connectivity index (χ4n) is 4.19. The van der Waals surface area contributed by atoms with Crippen molar-refractivity contribution < 1.29 is 13.2 Å². The van der Waals surface area contributed by atoms with Crippen molar-refractivity contribution >= 4 is 21.6 Å². The Morgan fingerprint density at radius 1 is 1.32 bits per heavy atom. The monoisotopic (exact) mass is 445 g/mol. The van der Waals surface area contributed by atoms with E-state index in [4.69, 9.17) is 4.74 Å². The molecule has 0 bridgehead atoms. The Hall–Kier alpha value is -2.66. The Morgan fingerprint density at radius 3 is 2.84 bits per heavy atom. The van der Waals surface area contributed by atoms with Gasteiger partial charge in [0.15, 0.2) is 11.4 Å². The van der Waals surface area contributed by atoms with Gasteiger partial charge in [0.05, 0.1) is 18.1 Å². The normalized spacial score (nSPS) is 22.6. The van der Waals surface area contributed by atoms with Gasteiger partial charge in [-0.2, -0.15) is 10.1 Å². The molecule has 0 radical (unpaired) electrons. The van der Waals surface area contributed by atoms with Crippen molar-refractivity contribution in [1.82, 2.24) is 29.1 Å². The molecule has 1 aliphatic heterocycles. The van der Waals surface area contributed by atoms with Crippen molar-refractivity contribution in [3.63, 3.8) is 0 Å². The number of aromatic nitrogens is 5. The number of piperidine rings is 1. The van der Waals surface area contributed by atoms with Crippen LogP contribution in [0.3, 0.4) is 0 Å². The van der Waals surface area contributed by atoms with E-state index < -0.39 is 10.0 Å². The van der Waals surface area contributed by atoms with Gasteiger partial charge in [0.25, 0.3) is 0 Å². The van der Waals surface area contributed by atoms with Gasteiger partial charge in [-0.15, -0.1) is 5.10 Å². The molecular weight excluding hydrogens is 418 g/mol. The van der Waals surface area contributed by atoms with Gasteiger partial charge in [-0.1, -0.05) is 6.92 Å². The molecule has 2 fully saturated rings. The molecular formula is C20H27N7O3S. The Bertz CT molecular complexity index is 1170. The number of sulfonamides is 1. The first-order valence-corrected chi connectivity index (χ1v) is 12.2. The summed E-state index contributed by atoms with van der Waals surface area (Å²) in [7, 11) is -3.13. The van der Waals surface area contributed by atoms with Gasteiger partial charge in [0, 0.05) is 42.7 Å². The minimum atomic E-state index is -3.13. The van der Waals surface area contributed by atoms with Gasteiger partial charge in [0.1, 0.15) is 0 Å². The van der Waals surface area contributed by atoms with Gasteiger partial charge in [-0.25, -0.2) is 17.2 Å². The molecule has 5 rings (SSSR count). The summed E-state index contributed by atoms with van der Waals surface area (Å²) in [6, 6.07) is 2.04. The van der Waals surface area contributed by atoms with Crippen LogP contribution in [0.4, 0.5) is 5.95 Å². The third-order valence-electron chi connectivity index (χ3n) is 6.05. The second-order valence-corrected chi connectivity index (χ2v) is 10.5. The maximum absolute atomic E-state index is 12.6. The number of anilines is 1. The number of aromatic amines is 1. The SMILES string of the molecule is CCOc1c(-c2cn[nH]c2)ccn2nc(N[C@H]3CCN(S(=O)(=O)C4CC4)C[C@H]3C)nc12. The first-order valence-electron chi connectivity index (χ1n) is 10.7. The lowest BCUT2D eigenvalue weighted by molar-refractivity contribution is 0.260. The van der Waals surface area contributed by atoms with E-state index in [9.17, 15) is 8.42 Å². The second kappa shape index (κ2) is 7.79. The molecule has 0 aromatic carbocycles. The average Bonchev–Trinajstić information content (AvgIpc) is 3.32. The summed E-state index contributed by atoms with van der Waals surface area (Å²) < 4.78 is 34.4. The van der Waals surface area contributed by atoms with Crippen LogP contribution in [-0.4, -0.2) is 68.5 Å². The van der Waals surface area contributed by atoms with Crippen LogP contribution in [0, 0.1) is 5.92 Å². The zero-order valence-corrected chi connectivity index (χ0v) is 18.5. The summed E-state index contributed by atoms with van der Waals surface area (Å²) in [5, 5.41) is 14.7. The lowest BCUT2D eigenvalue weighted by atomic mass is 9.95. The number of ether oxygens (including phenoxy) is 1. The third kappa shape index (κ3) is 3.76. The van der Waals surface area contributed by atoms with Crippen LogP contribution >= 0.6 is 0 Å². The lowest BCUT2D eigenvalue weighted by Gasteiger charge is -2.36. The number of nitrogens with one attached hydrogen (secondary N) is 2. The van der Waals surface area contributed by atoms with Crippen molar-refractivity contribution in [1.29, 1.82) is 0 Å². The minimum Gasteiger partial charge on any atom is -0.489 e. The molecule has 0 amide bonds. The van der Waals surface area contributed by atoms with Gasteiger partial charge >= 0.3 is 0 Å². The highest BCUT2D eigenvalue weighted by molar-refractivity contribution is 7.90. The quantitative estimate of drug-likeness (QED) is 0.572. The molecule has 10 nitrogen and oxygen atoms in total. The summed E-state index contributed by atoms with van der Waals surface area (Å²) >= 11 is 0. The van der Waals surface area contributed by atoms with Crippen LogP contribution in [0.15, 0.2) is 24.7 Å². The predicted octanol–water partition coefficient (Wildman–Crippen LogP) is 2.13. The Labute approximate surface area is 181 Å². The number of rotatable bonds is 7. The Kier molecular flexibility index (Phi) is 5.09. The van der Waals surface area contributed by atoms with Gasteiger partial charge < -0.3 is 10.1 Å². The summed E-state index contributed by atoms with van der Waals surface area (Å²) in [6.45, 7) is 5.57. The number of pyridine rings is 1. The molecule has 31 heavy (non-hydrogen) atoms. The molecule has 166 valence electrons. The van der Waals surface area contributed by atoms with E-state index in [1.54, 1.807) is 15.0 Å². The van der Waals surface area contributed by atoms with Crippen molar-refractivity contribution in [2.45, 2.75) is 44.4 Å². The van der Waals surface area contributed by atoms with Gasteiger partial charge in [0.2, 0.25) is 16.0 Å². The lowest BCUT2D eigenvalue weighted by Crippen LogP contribution is -2.48. The van der Waals surface area contributed by atoms with E-state index in [0.717, 1.165) is 30.4 Å². The third-order valence-corrected chi connectivity index (χ3v) is 8.41. The standard InChI is InChI=1S/C20H27N7O3S/c1-3-30-18-16(14-10-21-22-11-14)6-9-27-19(18)24-20(25-27)23-17-7-8-26(12-13(17)2)31(28,29)15-4-5-15/h6,9-11,13,15,17H,3-5,7-8,12H2,1-2H3,(H,21,22)(H,23,25)/t13-,17+/m1/s1. The molecule has 1 aliphatic carbocycles. The summed E-state index contributed by atoms with van der Waals surface area (Å²) in [5.41, 5.74) is 2.44. The number of fused-ring (bicyclic) bond motifs is 1. The maximum Gasteiger partial charge on any atom is 0.243 e. The average molecular weight is 446 g/mol. The van der Waals surface area contributed by atoms with E-state index in [1.165, 1.54) is 0 Å². The van der Waals surface area contributed by atoms with Crippen molar-refractivity contribution in [3.8, 4) is 16.9 Å². The first kappa shape index (κ1) is 20.3. The zero-order chi connectivity index (χ0) is 21.6. The van der Waals surface area contributed by atoms with Crippen LogP contribution in [0.1, 0.15) is 33.1 Å². The van der Waals surface area contributed by atoms with Gasteiger partial charge in [-0.3, -0.25) is 5.10 Å². The van der Waals surface area contributed by atoms with Crippen molar-refractivity contribution in [2.24, 2.45) is 5.92 Å². The summed E-state index contributed by atoms with van der Waals surface area (Å²) in [6.07, 6.45) is 7.73. The fraction of sp³-hybridized carbons (Fsp3) is 0.550. The minimum absolute atomic E-state index is 0.104. The maximum atomic E-state index is 12.6. The molecule has 2 aliphatic rings. The molecule has 11 heteroatoms. The number of H-pyrrole nitrogens is 1. The fourth-order valence-corrected chi connectivity index (χ4v) is 6.15. The zero-order valence-electron chi connectivity index (χ0n) is 17.7. The Morgan fingerprint density at radius 2 is 2.16 bits per heavy atom. The van der Waals surface area contributed by atoms with E-state index >= 15 is 0 Å². The molecule has 3 aromatic heterocycles. The molecule has 2 atom stereocenters. The topological polar surface area (TPSA) is 118 Å². The molecule has 1 saturated carbocycles. The van der Waals surface area contributed by atoms with Crippen LogP contribution in [0.2, 0.25) is 0 Å². The summed E-state index contributed by atoms with van der Waals surface area (Å²) in [5.74, 6) is 1.33. The smallest absolute Gasteiger partial charge is 0.243 e. The highest BCUT2D eigenvalue weighted by atomic mass is 32.2. The Balaban J connectivity index is 1.37. The molecule has 3 aromatic rings.